The standard InChI is InChI=1S/C7H4ClN5O2S/c8-5-1-4(13(14)15)2-6(11-5)16-7-9-3-10-12-7/h1-3H,(H,9,10,12). The summed E-state index contributed by atoms with van der Waals surface area (Å²) in [5.41, 5.74) is -0.109. The van der Waals surface area contributed by atoms with Gasteiger partial charge in [-0.25, -0.2) is 9.97 Å². The van der Waals surface area contributed by atoms with Crippen molar-refractivity contribution in [1.82, 2.24) is 20.2 Å². The number of hydrogen-bond acceptors (Lipinski definition) is 6. The molecule has 0 saturated heterocycles. The molecule has 7 nitrogen and oxygen atoms in total. The van der Waals surface area contributed by atoms with Gasteiger partial charge in [0.15, 0.2) is 5.16 Å². The molecular weight excluding hydrogens is 254 g/mol. The van der Waals surface area contributed by atoms with E-state index in [1.165, 1.54) is 18.5 Å². The number of nitrogens with one attached hydrogen (secondary N) is 1. The Bertz CT molecular complexity index is 518. The average molecular weight is 258 g/mol. The van der Waals surface area contributed by atoms with E-state index in [0.717, 1.165) is 11.8 Å². The molecule has 2 aromatic rings. The molecule has 0 unspecified atom stereocenters. The summed E-state index contributed by atoms with van der Waals surface area (Å²) in [6.07, 6.45) is 1.33. The maximum atomic E-state index is 10.6. The van der Waals surface area contributed by atoms with E-state index in [9.17, 15) is 10.1 Å². The third-order valence-electron chi connectivity index (χ3n) is 1.56. The van der Waals surface area contributed by atoms with E-state index in [-0.39, 0.29) is 10.8 Å². The molecule has 0 saturated carbocycles. The topological polar surface area (TPSA) is 97.6 Å². The van der Waals surface area contributed by atoms with Crippen LogP contribution in [0.15, 0.2) is 28.6 Å². The molecule has 2 aromatic heterocycles. The monoisotopic (exact) mass is 257 g/mol. The number of aromatic nitrogens is 4. The van der Waals surface area contributed by atoms with Crippen LogP contribution in [0.2, 0.25) is 5.15 Å². The normalized spacial score (nSPS) is 10.3. The maximum Gasteiger partial charge on any atom is 0.275 e. The van der Waals surface area contributed by atoms with E-state index in [1.807, 2.05) is 0 Å². The lowest BCUT2D eigenvalue weighted by atomic mass is 10.4. The largest absolute Gasteiger partial charge is 0.275 e. The first kappa shape index (κ1) is 10.8. The number of rotatable bonds is 3. The number of nitro groups is 1. The Morgan fingerprint density at radius 3 is 2.94 bits per heavy atom. The molecule has 1 N–H and O–H groups in total. The van der Waals surface area contributed by atoms with Gasteiger partial charge in [-0.1, -0.05) is 11.6 Å². The highest BCUT2D eigenvalue weighted by Gasteiger charge is 2.11. The number of nitrogens with zero attached hydrogens (tertiary/aromatic N) is 4. The van der Waals surface area contributed by atoms with Crippen LogP contribution >= 0.6 is 23.4 Å². The molecule has 0 aromatic carbocycles. The Morgan fingerprint density at radius 2 is 2.31 bits per heavy atom. The summed E-state index contributed by atoms with van der Waals surface area (Å²) in [6, 6.07) is 2.51. The van der Waals surface area contributed by atoms with Gasteiger partial charge in [0.05, 0.1) is 11.0 Å². The summed E-state index contributed by atoms with van der Waals surface area (Å²) in [5.74, 6) is 0. The molecule has 0 aliphatic heterocycles. The lowest BCUT2D eigenvalue weighted by Crippen LogP contribution is -1.91. The number of H-pyrrole nitrogens is 1. The van der Waals surface area contributed by atoms with Gasteiger partial charge in [-0.05, 0) is 11.8 Å². The van der Waals surface area contributed by atoms with Crippen molar-refractivity contribution in [1.29, 1.82) is 0 Å². The van der Waals surface area contributed by atoms with Crippen molar-refractivity contribution in [3.8, 4) is 0 Å². The Kier molecular flexibility index (Phi) is 3.02. The van der Waals surface area contributed by atoms with Gasteiger partial charge in [-0.15, -0.1) is 0 Å². The molecule has 0 aliphatic carbocycles. The van der Waals surface area contributed by atoms with E-state index in [0.29, 0.717) is 10.2 Å². The van der Waals surface area contributed by atoms with Crippen LogP contribution in [-0.4, -0.2) is 25.1 Å². The Morgan fingerprint density at radius 1 is 1.50 bits per heavy atom. The first-order valence-corrected chi connectivity index (χ1v) is 5.20. The predicted octanol–water partition coefficient (Wildman–Crippen LogP) is 1.91. The van der Waals surface area contributed by atoms with Crippen molar-refractivity contribution in [2.24, 2.45) is 0 Å². The van der Waals surface area contributed by atoms with Gasteiger partial charge in [-0.2, -0.15) is 5.10 Å². The van der Waals surface area contributed by atoms with Crippen molar-refractivity contribution in [3.63, 3.8) is 0 Å². The summed E-state index contributed by atoms with van der Waals surface area (Å²) in [4.78, 5) is 17.8. The fourth-order valence-corrected chi connectivity index (χ4v) is 1.93. The molecule has 0 fully saturated rings. The average Bonchev–Trinajstić information content (AvgIpc) is 2.69. The molecule has 0 aliphatic rings. The summed E-state index contributed by atoms with van der Waals surface area (Å²) in [7, 11) is 0. The maximum absolute atomic E-state index is 10.6. The van der Waals surface area contributed by atoms with Crippen LogP contribution < -0.4 is 0 Å². The minimum absolute atomic E-state index is 0.0659. The molecule has 0 spiro atoms. The van der Waals surface area contributed by atoms with Crippen molar-refractivity contribution >= 4 is 29.1 Å². The van der Waals surface area contributed by atoms with E-state index in [1.54, 1.807) is 0 Å². The third kappa shape index (κ3) is 2.47. The number of halogens is 1. The highest BCUT2D eigenvalue weighted by Crippen LogP contribution is 2.27. The van der Waals surface area contributed by atoms with Crippen molar-refractivity contribution in [3.05, 3.63) is 33.7 Å². The fraction of sp³-hybridized carbons (Fsp3) is 0. The zero-order valence-electron chi connectivity index (χ0n) is 7.62. The summed E-state index contributed by atoms with van der Waals surface area (Å²) < 4.78 is 0. The number of pyridine rings is 1. The number of aromatic amines is 1. The zero-order chi connectivity index (χ0) is 11.5. The second kappa shape index (κ2) is 4.45. The van der Waals surface area contributed by atoms with Crippen molar-refractivity contribution in [2.45, 2.75) is 10.2 Å². The van der Waals surface area contributed by atoms with Crippen molar-refractivity contribution < 1.29 is 4.92 Å². The van der Waals surface area contributed by atoms with Gasteiger partial charge >= 0.3 is 0 Å². The van der Waals surface area contributed by atoms with Gasteiger partial charge in [0.2, 0.25) is 0 Å². The highest BCUT2D eigenvalue weighted by atomic mass is 35.5. The van der Waals surface area contributed by atoms with Crippen LogP contribution in [0.25, 0.3) is 0 Å². The summed E-state index contributed by atoms with van der Waals surface area (Å²) in [5, 5.41) is 17.8. The van der Waals surface area contributed by atoms with E-state index >= 15 is 0 Å². The Hall–Kier alpha value is -1.67. The highest BCUT2D eigenvalue weighted by molar-refractivity contribution is 7.99. The van der Waals surface area contributed by atoms with Crippen LogP contribution in [0.4, 0.5) is 5.69 Å². The smallest absolute Gasteiger partial charge is 0.258 e. The molecule has 2 heterocycles. The van der Waals surface area contributed by atoms with E-state index in [2.05, 4.69) is 20.2 Å². The minimum Gasteiger partial charge on any atom is -0.258 e. The molecule has 2 rings (SSSR count). The molecule has 16 heavy (non-hydrogen) atoms. The van der Waals surface area contributed by atoms with E-state index < -0.39 is 4.92 Å². The van der Waals surface area contributed by atoms with Crippen molar-refractivity contribution in [2.75, 3.05) is 0 Å². The first-order valence-electron chi connectivity index (χ1n) is 4.00. The zero-order valence-corrected chi connectivity index (χ0v) is 9.20. The second-order valence-electron chi connectivity index (χ2n) is 2.64. The summed E-state index contributed by atoms with van der Waals surface area (Å²) >= 11 is 6.77. The molecule has 0 radical (unpaired) electrons. The van der Waals surface area contributed by atoms with E-state index in [4.69, 9.17) is 11.6 Å². The van der Waals surface area contributed by atoms with Crippen LogP contribution in [0, 0.1) is 10.1 Å². The number of hydrogen-bond donors (Lipinski definition) is 1. The van der Waals surface area contributed by atoms with Gasteiger partial charge in [0.25, 0.3) is 5.69 Å². The Balaban J connectivity index is 2.31. The minimum atomic E-state index is -0.530. The quantitative estimate of drug-likeness (QED) is 0.512. The van der Waals surface area contributed by atoms with Gasteiger partial charge in [-0.3, -0.25) is 15.2 Å². The lowest BCUT2D eigenvalue weighted by molar-refractivity contribution is -0.385. The van der Waals surface area contributed by atoms with Gasteiger partial charge in [0, 0.05) is 6.07 Å². The van der Waals surface area contributed by atoms with Crippen LogP contribution in [0.1, 0.15) is 0 Å². The summed E-state index contributed by atoms with van der Waals surface area (Å²) in [6.45, 7) is 0. The molecule has 0 amide bonds. The SMILES string of the molecule is O=[N+]([O-])c1cc(Cl)nc(Sc2ncn[nH]2)c1. The Labute approximate surface area is 98.4 Å². The third-order valence-corrected chi connectivity index (χ3v) is 2.56. The first-order chi connectivity index (χ1) is 7.65. The van der Waals surface area contributed by atoms with Gasteiger partial charge in [0.1, 0.15) is 16.5 Å². The molecule has 82 valence electrons. The van der Waals surface area contributed by atoms with Gasteiger partial charge < -0.3 is 0 Å². The second-order valence-corrected chi connectivity index (χ2v) is 4.03. The molecule has 0 atom stereocenters. The fourth-order valence-electron chi connectivity index (χ4n) is 0.960. The molecular formula is C7H4ClN5O2S. The lowest BCUT2D eigenvalue weighted by Gasteiger charge is -1.98. The predicted molar refractivity (Wildman–Crippen MR) is 56.4 cm³/mol. The van der Waals surface area contributed by atoms with Crippen LogP contribution in [0.5, 0.6) is 0 Å². The van der Waals surface area contributed by atoms with Crippen LogP contribution in [0.3, 0.4) is 0 Å². The molecule has 9 heteroatoms. The van der Waals surface area contributed by atoms with Crippen LogP contribution in [-0.2, 0) is 0 Å². The molecule has 0 bridgehead atoms.